The summed E-state index contributed by atoms with van der Waals surface area (Å²) in [6, 6.07) is 11.6. The molecule has 1 N–H and O–H groups in total. The van der Waals surface area contributed by atoms with Crippen molar-refractivity contribution in [3.05, 3.63) is 69.4 Å². The van der Waals surface area contributed by atoms with E-state index in [-0.39, 0.29) is 5.56 Å². The quantitative estimate of drug-likeness (QED) is 0.786. The molecule has 1 atom stereocenters. The Morgan fingerprint density at radius 2 is 1.88 bits per heavy atom. The fourth-order valence-corrected chi connectivity index (χ4v) is 2.33. The molecule has 1 amide bonds. The number of nitrogens with one attached hydrogen (secondary N) is 1. The van der Waals surface area contributed by atoms with Crippen molar-refractivity contribution >= 4 is 27.8 Å². The van der Waals surface area contributed by atoms with Crippen LogP contribution in [0.3, 0.4) is 0 Å². The number of carbonyl (C=O) groups excluding carboxylic acids is 2. The lowest BCUT2D eigenvalue weighted by Crippen LogP contribution is -2.35. The highest BCUT2D eigenvalue weighted by Crippen LogP contribution is 2.17. The van der Waals surface area contributed by atoms with E-state index in [0.717, 1.165) is 17.2 Å². The van der Waals surface area contributed by atoms with Gasteiger partial charge in [-0.1, -0.05) is 45.8 Å². The van der Waals surface area contributed by atoms with Crippen LogP contribution in [0, 0.1) is 12.7 Å². The van der Waals surface area contributed by atoms with Gasteiger partial charge in [-0.05, 0) is 37.6 Å². The van der Waals surface area contributed by atoms with Gasteiger partial charge in [-0.25, -0.2) is 9.18 Å². The van der Waals surface area contributed by atoms with Gasteiger partial charge in [0.1, 0.15) is 5.82 Å². The van der Waals surface area contributed by atoms with Crippen LogP contribution >= 0.6 is 15.9 Å². The number of hydrogen-bond acceptors (Lipinski definition) is 3. The second-order valence-corrected chi connectivity index (χ2v) is 6.29. The molecule has 0 heterocycles. The number of esters is 1. The third-order valence-corrected chi connectivity index (χ3v) is 3.88. The molecule has 2 rings (SSSR count). The predicted molar refractivity (Wildman–Crippen MR) is 92.0 cm³/mol. The highest BCUT2D eigenvalue weighted by Gasteiger charge is 2.21. The van der Waals surface area contributed by atoms with Crippen LogP contribution in [-0.2, 0) is 16.1 Å². The Balaban J connectivity index is 1.92. The van der Waals surface area contributed by atoms with Gasteiger partial charge in [-0.3, -0.25) is 4.79 Å². The summed E-state index contributed by atoms with van der Waals surface area (Å²) in [5.41, 5.74) is 1.84. The molecule has 0 bridgehead atoms. The van der Waals surface area contributed by atoms with Crippen molar-refractivity contribution in [1.82, 2.24) is 5.32 Å². The summed E-state index contributed by atoms with van der Waals surface area (Å²) in [5, 5.41) is 2.68. The lowest BCUT2D eigenvalue weighted by Gasteiger charge is -2.14. The maximum atomic E-state index is 13.7. The van der Waals surface area contributed by atoms with Crippen LogP contribution in [0.25, 0.3) is 0 Å². The Kier molecular flexibility index (Phi) is 6.09. The van der Waals surface area contributed by atoms with E-state index in [4.69, 9.17) is 4.74 Å². The molecule has 0 aliphatic rings. The summed E-state index contributed by atoms with van der Waals surface area (Å²) in [5.74, 6) is -2.03. The summed E-state index contributed by atoms with van der Waals surface area (Å²) < 4.78 is 19.2. The van der Waals surface area contributed by atoms with Crippen molar-refractivity contribution in [3.8, 4) is 0 Å². The van der Waals surface area contributed by atoms with E-state index in [1.54, 1.807) is 0 Å². The van der Waals surface area contributed by atoms with Gasteiger partial charge in [0.25, 0.3) is 5.91 Å². The van der Waals surface area contributed by atoms with Gasteiger partial charge in [-0.2, -0.15) is 0 Å². The molecule has 2 aromatic rings. The van der Waals surface area contributed by atoms with Crippen LogP contribution in [0.1, 0.15) is 28.4 Å². The Morgan fingerprint density at radius 1 is 1.21 bits per heavy atom. The number of carbonyl (C=O) groups is 2. The van der Waals surface area contributed by atoms with E-state index in [1.165, 1.54) is 19.1 Å². The topological polar surface area (TPSA) is 55.4 Å². The third kappa shape index (κ3) is 4.89. The number of rotatable bonds is 5. The zero-order valence-electron chi connectivity index (χ0n) is 13.3. The van der Waals surface area contributed by atoms with E-state index >= 15 is 0 Å². The van der Waals surface area contributed by atoms with Crippen molar-refractivity contribution in [1.29, 1.82) is 0 Å². The van der Waals surface area contributed by atoms with Gasteiger partial charge in [0.15, 0.2) is 6.10 Å². The average Bonchev–Trinajstić information content (AvgIpc) is 2.56. The smallest absolute Gasteiger partial charge is 0.341 e. The van der Waals surface area contributed by atoms with Crippen molar-refractivity contribution in [3.63, 3.8) is 0 Å². The molecule has 24 heavy (non-hydrogen) atoms. The van der Waals surface area contributed by atoms with Crippen LogP contribution in [0.15, 0.2) is 46.9 Å². The number of benzene rings is 2. The molecule has 0 aliphatic carbocycles. The standard InChI is InChI=1S/C18H17BrFNO3/c1-11-3-5-13(6-4-11)10-21-17(22)12(2)24-18(23)15-9-14(19)7-8-16(15)20/h3-9,12H,10H2,1-2H3,(H,21,22)/t12-/m0/s1. The molecule has 0 saturated carbocycles. The van der Waals surface area contributed by atoms with Gasteiger partial charge in [-0.15, -0.1) is 0 Å². The Hall–Kier alpha value is -2.21. The number of ether oxygens (including phenoxy) is 1. The van der Waals surface area contributed by atoms with Crippen molar-refractivity contribution in [2.45, 2.75) is 26.5 Å². The lowest BCUT2D eigenvalue weighted by molar-refractivity contribution is -0.129. The molecule has 0 unspecified atom stereocenters. The maximum absolute atomic E-state index is 13.7. The molecular weight excluding hydrogens is 377 g/mol. The average molecular weight is 394 g/mol. The fraction of sp³-hybridized carbons (Fsp3) is 0.222. The first-order chi connectivity index (χ1) is 11.4. The third-order valence-electron chi connectivity index (χ3n) is 3.39. The van der Waals surface area contributed by atoms with Gasteiger partial charge >= 0.3 is 5.97 Å². The summed E-state index contributed by atoms with van der Waals surface area (Å²) in [6.45, 7) is 3.75. The fourth-order valence-electron chi connectivity index (χ4n) is 1.97. The molecule has 0 saturated heterocycles. The van der Waals surface area contributed by atoms with Gasteiger partial charge < -0.3 is 10.1 Å². The van der Waals surface area contributed by atoms with Gasteiger partial charge in [0.05, 0.1) is 5.56 Å². The van der Waals surface area contributed by atoms with E-state index in [0.29, 0.717) is 11.0 Å². The molecule has 0 aliphatic heterocycles. The normalized spacial score (nSPS) is 11.7. The molecule has 0 radical (unpaired) electrons. The Bertz CT molecular complexity index is 746. The summed E-state index contributed by atoms with van der Waals surface area (Å²) >= 11 is 3.16. The molecule has 0 fully saturated rings. The maximum Gasteiger partial charge on any atom is 0.341 e. The van der Waals surface area contributed by atoms with E-state index in [1.807, 2.05) is 31.2 Å². The Morgan fingerprint density at radius 3 is 2.54 bits per heavy atom. The highest BCUT2D eigenvalue weighted by molar-refractivity contribution is 9.10. The van der Waals surface area contributed by atoms with E-state index in [9.17, 15) is 14.0 Å². The number of halogens is 2. The number of aryl methyl sites for hydroxylation is 1. The first kappa shape index (κ1) is 18.1. The second-order valence-electron chi connectivity index (χ2n) is 5.38. The first-order valence-electron chi connectivity index (χ1n) is 7.36. The largest absolute Gasteiger partial charge is 0.449 e. The summed E-state index contributed by atoms with van der Waals surface area (Å²) in [7, 11) is 0. The predicted octanol–water partition coefficient (Wildman–Crippen LogP) is 3.76. The Labute approximate surface area is 148 Å². The molecule has 126 valence electrons. The minimum Gasteiger partial charge on any atom is -0.449 e. The molecule has 0 aromatic heterocycles. The molecule has 2 aromatic carbocycles. The lowest BCUT2D eigenvalue weighted by atomic mass is 10.1. The SMILES string of the molecule is Cc1ccc(CNC(=O)[C@H](C)OC(=O)c2cc(Br)ccc2F)cc1. The highest BCUT2D eigenvalue weighted by atomic mass is 79.9. The van der Waals surface area contributed by atoms with Gasteiger partial charge in [0, 0.05) is 11.0 Å². The zero-order chi connectivity index (χ0) is 17.7. The number of amides is 1. The van der Waals surface area contributed by atoms with E-state index in [2.05, 4.69) is 21.2 Å². The van der Waals surface area contributed by atoms with Crippen molar-refractivity contribution < 1.29 is 18.7 Å². The summed E-state index contributed by atoms with van der Waals surface area (Å²) in [4.78, 5) is 24.0. The van der Waals surface area contributed by atoms with E-state index < -0.39 is 23.8 Å². The van der Waals surface area contributed by atoms with Crippen LogP contribution in [0.5, 0.6) is 0 Å². The van der Waals surface area contributed by atoms with Crippen LogP contribution in [-0.4, -0.2) is 18.0 Å². The molecule has 4 nitrogen and oxygen atoms in total. The van der Waals surface area contributed by atoms with Crippen LogP contribution in [0.4, 0.5) is 4.39 Å². The monoisotopic (exact) mass is 393 g/mol. The van der Waals surface area contributed by atoms with Crippen molar-refractivity contribution in [2.75, 3.05) is 0 Å². The van der Waals surface area contributed by atoms with Gasteiger partial charge in [0.2, 0.25) is 0 Å². The summed E-state index contributed by atoms with van der Waals surface area (Å²) in [6.07, 6.45) is -1.03. The molecular formula is C18H17BrFNO3. The van der Waals surface area contributed by atoms with Crippen molar-refractivity contribution in [2.24, 2.45) is 0 Å². The minimum atomic E-state index is -1.03. The molecule has 6 heteroatoms. The number of hydrogen-bond donors (Lipinski definition) is 1. The molecule has 0 spiro atoms. The first-order valence-corrected chi connectivity index (χ1v) is 8.15. The minimum absolute atomic E-state index is 0.220. The second kappa shape index (κ2) is 8.06. The zero-order valence-corrected chi connectivity index (χ0v) is 14.9. The van der Waals surface area contributed by atoms with Crippen LogP contribution in [0.2, 0.25) is 0 Å². The van der Waals surface area contributed by atoms with Crippen LogP contribution < -0.4 is 5.32 Å².